The fourth-order valence-corrected chi connectivity index (χ4v) is 4.80. The molecule has 1 saturated carbocycles. The van der Waals surface area contributed by atoms with Gasteiger partial charge in [0.15, 0.2) is 5.69 Å². The van der Waals surface area contributed by atoms with Gasteiger partial charge in [0, 0.05) is 12.1 Å². The van der Waals surface area contributed by atoms with Gasteiger partial charge in [0.25, 0.3) is 5.91 Å². The SMILES string of the molecule is COC(=O)C1CCC2(CCC2)N(C(=O)c2ncn3c2COc2ccccc2-3)C1. The van der Waals surface area contributed by atoms with E-state index in [1.54, 1.807) is 6.33 Å². The monoisotopic (exact) mass is 381 g/mol. The summed E-state index contributed by atoms with van der Waals surface area (Å²) in [7, 11) is 1.41. The van der Waals surface area contributed by atoms with Gasteiger partial charge in [0.2, 0.25) is 0 Å². The van der Waals surface area contributed by atoms with Gasteiger partial charge in [-0.3, -0.25) is 14.2 Å². The summed E-state index contributed by atoms with van der Waals surface area (Å²) in [5.74, 6) is 0.169. The molecule has 7 nitrogen and oxygen atoms in total. The van der Waals surface area contributed by atoms with Crippen molar-refractivity contribution in [2.24, 2.45) is 5.92 Å². The number of hydrogen-bond acceptors (Lipinski definition) is 5. The summed E-state index contributed by atoms with van der Waals surface area (Å²) >= 11 is 0. The van der Waals surface area contributed by atoms with Crippen LogP contribution in [0.25, 0.3) is 5.69 Å². The van der Waals surface area contributed by atoms with E-state index in [1.807, 2.05) is 33.7 Å². The molecule has 2 aromatic rings. The van der Waals surface area contributed by atoms with Crippen molar-refractivity contribution in [2.75, 3.05) is 13.7 Å². The number of piperidine rings is 1. The van der Waals surface area contributed by atoms with E-state index in [0.717, 1.165) is 49.2 Å². The maximum Gasteiger partial charge on any atom is 0.310 e. The molecule has 146 valence electrons. The van der Waals surface area contributed by atoms with E-state index in [-0.39, 0.29) is 23.3 Å². The fourth-order valence-electron chi connectivity index (χ4n) is 4.80. The Labute approximate surface area is 163 Å². The average molecular weight is 381 g/mol. The number of nitrogens with zero attached hydrogens (tertiary/aromatic N) is 3. The number of ether oxygens (including phenoxy) is 2. The lowest BCUT2D eigenvalue weighted by Gasteiger charge is -2.54. The number of hydrogen-bond donors (Lipinski definition) is 0. The molecular weight excluding hydrogens is 358 g/mol. The van der Waals surface area contributed by atoms with E-state index in [2.05, 4.69) is 4.98 Å². The molecule has 1 amide bonds. The smallest absolute Gasteiger partial charge is 0.310 e. The van der Waals surface area contributed by atoms with Gasteiger partial charge in [-0.25, -0.2) is 4.98 Å². The van der Waals surface area contributed by atoms with Crippen LogP contribution in [-0.2, 0) is 16.1 Å². The van der Waals surface area contributed by atoms with Crippen molar-refractivity contribution in [1.29, 1.82) is 0 Å². The third-order valence-corrected chi connectivity index (χ3v) is 6.56. The maximum absolute atomic E-state index is 13.6. The lowest BCUT2D eigenvalue weighted by molar-refractivity contribution is -0.149. The predicted molar refractivity (Wildman–Crippen MR) is 100 cm³/mol. The molecule has 7 heteroatoms. The molecule has 0 bridgehead atoms. The van der Waals surface area contributed by atoms with Crippen LogP contribution in [0.2, 0.25) is 0 Å². The highest BCUT2D eigenvalue weighted by molar-refractivity contribution is 5.95. The Balaban J connectivity index is 1.49. The Hall–Kier alpha value is -2.83. The zero-order valence-electron chi connectivity index (χ0n) is 15.9. The number of esters is 1. The van der Waals surface area contributed by atoms with Crippen molar-refractivity contribution in [1.82, 2.24) is 14.5 Å². The second kappa shape index (κ2) is 6.36. The first-order valence-corrected chi connectivity index (χ1v) is 9.81. The van der Waals surface area contributed by atoms with Crippen LogP contribution in [0, 0.1) is 5.92 Å². The summed E-state index contributed by atoms with van der Waals surface area (Å²) in [6.07, 6.45) is 6.40. The number of carbonyl (C=O) groups is 2. The number of imidazole rings is 1. The van der Waals surface area contributed by atoms with Crippen molar-refractivity contribution >= 4 is 11.9 Å². The zero-order valence-corrected chi connectivity index (χ0v) is 15.9. The number of rotatable bonds is 2. The number of fused-ring (bicyclic) bond motifs is 3. The normalized spacial score (nSPS) is 21.9. The number of carbonyl (C=O) groups excluding carboxylic acids is 2. The van der Waals surface area contributed by atoms with Crippen LogP contribution in [0.1, 0.15) is 48.3 Å². The first kappa shape index (κ1) is 17.3. The quantitative estimate of drug-likeness (QED) is 0.748. The van der Waals surface area contributed by atoms with Gasteiger partial charge in [0.05, 0.1) is 24.4 Å². The van der Waals surface area contributed by atoms with E-state index >= 15 is 0 Å². The maximum atomic E-state index is 13.6. The molecule has 3 heterocycles. The molecule has 1 aromatic carbocycles. The lowest BCUT2D eigenvalue weighted by atomic mass is 9.68. The van der Waals surface area contributed by atoms with Crippen LogP contribution in [0.4, 0.5) is 0 Å². The molecule has 1 atom stereocenters. The molecule has 0 radical (unpaired) electrons. The molecule has 3 aliphatic rings. The minimum absolute atomic E-state index is 0.106. The molecule has 2 fully saturated rings. The molecule has 1 unspecified atom stereocenters. The van der Waals surface area contributed by atoms with Crippen molar-refractivity contribution in [3.05, 3.63) is 42.0 Å². The Morgan fingerprint density at radius 3 is 2.82 bits per heavy atom. The van der Waals surface area contributed by atoms with Gasteiger partial charge in [-0.1, -0.05) is 12.1 Å². The van der Waals surface area contributed by atoms with Crippen LogP contribution < -0.4 is 4.74 Å². The van der Waals surface area contributed by atoms with E-state index in [4.69, 9.17) is 9.47 Å². The highest BCUT2D eigenvalue weighted by Gasteiger charge is 2.50. The number of likely N-dealkylation sites (tertiary alicyclic amines) is 1. The van der Waals surface area contributed by atoms with Gasteiger partial charge in [-0.05, 0) is 44.2 Å². The highest BCUT2D eigenvalue weighted by atomic mass is 16.5. The second-order valence-corrected chi connectivity index (χ2v) is 7.92. The van der Waals surface area contributed by atoms with Crippen LogP contribution in [-0.4, -0.2) is 45.5 Å². The van der Waals surface area contributed by atoms with Gasteiger partial charge in [0.1, 0.15) is 18.7 Å². The molecule has 1 aromatic heterocycles. The van der Waals surface area contributed by atoms with Crippen LogP contribution in [0.5, 0.6) is 5.75 Å². The molecule has 28 heavy (non-hydrogen) atoms. The molecule has 0 N–H and O–H groups in total. The third-order valence-electron chi connectivity index (χ3n) is 6.56. The van der Waals surface area contributed by atoms with Crippen molar-refractivity contribution in [2.45, 2.75) is 44.2 Å². The Morgan fingerprint density at radius 2 is 2.07 bits per heavy atom. The van der Waals surface area contributed by atoms with Crippen LogP contribution in [0.15, 0.2) is 30.6 Å². The summed E-state index contributed by atoms with van der Waals surface area (Å²) in [6.45, 7) is 0.703. The number of methoxy groups -OCH3 is 1. The predicted octanol–water partition coefficient (Wildman–Crippen LogP) is 2.71. The molecular formula is C21H23N3O4. The highest BCUT2D eigenvalue weighted by Crippen LogP contribution is 2.46. The van der Waals surface area contributed by atoms with Gasteiger partial charge in [-0.2, -0.15) is 0 Å². The van der Waals surface area contributed by atoms with Gasteiger partial charge in [-0.15, -0.1) is 0 Å². The summed E-state index contributed by atoms with van der Waals surface area (Å²) in [6, 6.07) is 7.73. The van der Waals surface area contributed by atoms with E-state index in [0.29, 0.717) is 18.8 Å². The number of aromatic nitrogens is 2. The second-order valence-electron chi connectivity index (χ2n) is 7.92. The Morgan fingerprint density at radius 1 is 1.25 bits per heavy atom. The summed E-state index contributed by atoms with van der Waals surface area (Å²) in [4.78, 5) is 32.0. The largest absolute Gasteiger partial charge is 0.485 e. The summed E-state index contributed by atoms with van der Waals surface area (Å²) in [5, 5.41) is 0. The number of amides is 1. The molecule has 5 rings (SSSR count). The van der Waals surface area contributed by atoms with E-state index < -0.39 is 0 Å². The summed E-state index contributed by atoms with van der Waals surface area (Å²) < 4.78 is 12.7. The first-order valence-electron chi connectivity index (χ1n) is 9.81. The van der Waals surface area contributed by atoms with Crippen molar-refractivity contribution < 1.29 is 19.1 Å². The van der Waals surface area contributed by atoms with Crippen molar-refractivity contribution in [3.8, 4) is 11.4 Å². The van der Waals surface area contributed by atoms with Gasteiger partial charge < -0.3 is 14.4 Å². The zero-order chi connectivity index (χ0) is 19.3. The average Bonchev–Trinajstić information content (AvgIpc) is 3.15. The molecule has 2 aliphatic heterocycles. The molecule has 1 aliphatic carbocycles. The van der Waals surface area contributed by atoms with Crippen LogP contribution >= 0.6 is 0 Å². The van der Waals surface area contributed by atoms with Crippen molar-refractivity contribution in [3.63, 3.8) is 0 Å². The third kappa shape index (κ3) is 2.45. The minimum atomic E-state index is -0.268. The lowest BCUT2D eigenvalue weighted by Crippen LogP contribution is -2.61. The van der Waals surface area contributed by atoms with E-state index in [1.165, 1.54) is 7.11 Å². The number of benzene rings is 1. The molecule has 1 spiro atoms. The number of para-hydroxylation sites is 2. The Bertz CT molecular complexity index is 947. The molecule has 1 saturated heterocycles. The topological polar surface area (TPSA) is 73.7 Å². The van der Waals surface area contributed by atoms with Gasteiger partial charge >= 0.3 is 5.97 Å². The Kier molecular flexibility index (Phi) is 3.92. The fraction of sp³-hybridized carbons (Fsp3) is 0.476. The first-order chi connectivity index (χ1) is 13.6. The van der Waals surface area contributed by atoms with Crippen LogP contribution in [0.3, 0.4) is 0 Å². The summed E-state index contributed by atoms with van der Waals surface area (Å²) in [5.41, 5.74) is 1.94. The minimum Gasteiger partial charge on any atom is -0.485 e. The van der Waals surface area contributed by atoms with E-state index in [9.17, 15) is 9.59 Å². The standard InChI is InChI=1S/C21H23N3O4/c1-27-20(26)14-7-10-21(8-4-9-21)24(11-14)19(25)18-16-12-28-17-6-3-2-5-15(17)23(16)13-22-18/h2-3,5-6,13-14H,4,7-12H2,1H3.